The van der Waals surface area contributed by atoms with Crippen LogP contribution in [-0.2, 0) is 6.54 Å². The maximum atomic E-state index is 11.2. The minimum atomic E-state index is -1.01. The third kappa shape index (κ3) is 2.14. The Morgan fingerprint density at radius 3 is 2.85 bits per heavy atom. The van der Waals surface area contributed by atoms with Crippen LogP contribution in [0.3, 0.4) is 0 Å². The summed E-state index contributed by atoms with van der Waals surface area (Å²) in [5.74, 6) is -1.01. The van der Waals surface area contributed by atoms with Crippen LogP contribution in [0.15, 0.2) is 42.7 Å². The Kier molecular flexibility index (Phi) is 2.95. The van der Waals surface area contributed by atoms with Crippen molar-refractivity contribution >= 4 is 16.9 Å². The van der Waals surface area contributed by atoms with Crippen LogP contribution in [0.1, 0.15) is 21.6 Å². The molecule has 1 N–H and O–H groups in total. The van der Waals surface area contributed by atoms with E-state index in [0.717, 1.165) is 16.6 Å². The standard InChI is InChI=1S/C15H13N3O2/c1-10-6-11(8-16-7-10)9-18-13-5-3-2-4-12(13)14(17-18)15(19)20/h2-8H,9H2,1H3,(H,19,20). The highest BCUT2D eigenvalue weighted by Gasteiger charge is 2.15. The zero-order chi connectivity index (χ0) is 14.1. The Morgan fingerprint density at radius 2 is 2.10 bits per heavy atom. The number of nitrogens with zero attached hydrogens (tertiary/aromatic N) is 3. The van der Waals surface area contributed by atoms with Gasteiger partial charge in [-0.15, -0.1) is 0 Å². The molecule has 0 radical (unpaired) electrons. The molecule has 2 heterocycles. The summed E-state index contributed by atoms with van der Waals surface area (Å²) in [7, 11) is 0. The molecule has 0 aliphatic heterocycles. The first-order chi connectivity index (χ1) is 9.65. The molecular formula is C15H13N3O2. The lowest BCUT2D eigenvalue weighted by atomic mass is 10.2. The zero-order valence-electron chi connectivity index (χ0n) is 10.9. The van der Waals surface area contributed by atoms with E-state index in [4.69, 9.17) is 0 Å². The van der Waals surface area contributed by atoms with Gasteiger partial charge in [-0.1, -0.05) is 24.3 Å². The van der Waals surface area contributed by atoms with Gasteiger partial charge < -0.3 is 5.11 Å². The molecule has 0 saturated heterocycles. The van der Waals surface area contributed by atoms with E-state index in [9.17, 15) is 9.90 Å². The van der Waals surface area contributed by atoms with E-state index in [1.807, 2.05) is 31.2 Å². The molecule has 0 aliphatic rings. The molecule has 0 atom stereocenters. The van der Waals surface area contributed by atoms with Crippen LogP contribution >= 0.6 is 0 Å². The van der Waals surface area contributed by atoms with E-state index >= 15 is 0 Å². The first-order valence-electron chi connectivity index (χ1n) is 6.24. The van der Waals surface area contributed by atoms with Crippen molar-refractivity contribution in [3.05, 3.63) is 59.5 Å². The van der Waals surface area contributed by atoms with Crippen LogP contribution in [0.25, 0.3) is 10.9 Å². The fourth-order valence-corrected chi connectivity index (χ4v) is 2.28. The van der Waals surface area contributed by atoms with Crippen LogP contribution in [-0.4, -0.2) is 25.8 Å². The van der Waals surface area contributed by atoms with Gasteiger partial charge in [0, 0.05) is 17.8 Å². The first-order valence-corrected chi connectivity index (χ1v) is 6.24. The molecule has 0 saturated carbocycles. The predicted octanol–water partition coefficient (Wildman–Crippen LogP) is 2.49. The van der Waals surface area contributed by atoms with Crippen molar-refractivity contribution in [2.75, 3.05) is 0 Å². The number of carboxylic acids is 1. The number of hydrogen-bond donors (Lipinski definition) is 1. The molecule has 0 spiro atoms. The van der Waals surface area contributed by atoms with Crippen LogP contribution < -0.4 is 0 Å². The molecule has 1 aromatic carbocycles. The Labute approximate surface area is 115 Å². The van der Waals surface area contributed by atoms with Gasteiger partial charge in [0.2, 0.25) is 0 Å². The van der Waals surface area contributed by atoms with E-state index in [2.05, 4.69) is 10.1 Å². The van der Waals surface area contributed by atoms with Crippen molar-refractivity contribution in [3.8, 4) is 0 Å². The molecule has 5 heteroatoms. The average Bonchev–Trinajstić information content (AvgIpc) is 2.78. The summed E-state index contributed by atoms with van der Waals surface area (Å²) in [5.41, 5.74) is 2.96. The van der Waals surface area contributed by atoms with E-state index < -0.39 is 5.97 Å². The zero-order valence-corrected chi connectivity index (χ0v) is 10.9. The second-order valence-corrected chi connectivity index (χ2v) is 4.70. The van der Waals surface area contributed by atoms with Crippen molar-refractivity contribution < 1.29 is 9.90 Å². The second-order valence-electron chi connectivity index (χ2n) is 4.70. The molecule has 0 aliphatic carbocycles. The number of carboxylic acid groups (broad SMARTS) is 1. The number of carbonyl (C=O) groups is 1. The number of pyridine rings is 1. The summed E-state index contributed by atoms with van der Waals surface area (Å²) >= 11 is 0. The third-order valence-corrected chi connectivity index (χ3v) is 3.12. The number of aryl methyl sites for hydroxylation is 1. The largest absolute Gasteiger partial charge is 0.476 e. The lowest BCUT2D eigenvalue weighted by Gasteiger charge is -2.04. The topological polar surface area (TPSA) is 68.0 Å². The maximum Gasteiger partial charge on any atom is 0.357 e. The number of para-hydroxylation sites is 1. The number of fused-ring (bicyclic) bond motifs is 1. The number of benzene rings is 1. The summed E-state index contributed by atoms with van der Waals surface area (Å²) in [6.07, 6.45) is 3.55. The summed E-state index contributed by atoms with van der Waals surface area (Å²) in [6.45, 7) is 2.48. The highest BCUT2D eigenvalue weighted by molar-refractivity contribution is 6.01. The Balaban J connectivity index is 2.10. The van der Waals surface area contributed by atoms with Crippen LogP contribution in [0.4, 0.5) is 0 Å². The van der Waals surface area contributed by atoms with Gasteiger partial charge >= 0.3 is 5.97 Å². The van der Waals surface area contributed by atoms with Crippen LogP contribution in [0.2, 0.25) is 0 Å². The van der Waals surface area contributed by atoms with Crippen molar-refractivity contribution in [1.82, 2.24) is 14.8 Å². The molecule has 20 heavy (non-hydrogen) atoms. The molecule has 0 bridgehead atoms. The number of hydrogen-bond acceptors (Lipinski definition) is 3. The van der Waals surface area contributed by atoms with E-state index in [1.165, 1.54) is 0 Å². The minimum Gasteiger partial charge on any atom is -0.476 e. The van der Waals surface area contributed by atoms with E-state index in [0.29, 0.717) is 11.9 Å². The molecule has 3 rings (SSSR count). The smallest absolute Gasteiger partial charge is 0.357 e. The van der Waals surface area contributed by atoms with E-state index in [1.54, 1.807) is 23.1 Å². The molecule has 5 nitrogen and oxygen atoms in total. The first kappa shape index (κ1) is 12.3. The van der Waals surface area contributed by atoms with Crippen LogP contribution in [0, 0.1) is 6.92 Å². The van der Waals surface area contributed by atoms with Crippen molar-refractivity contribution in [2.45, 2.75) is 13.5 Å². The average molecular weight is 267 g/mol. The highest BCUT2D eigenvalue weighted by Crippen LogP contribution is 2.19. The van der Waals surface area contributed by atoms with Gasteiger partial charge in [-0.3, -0.25) is 9.67 Å². The molecule has 100 valence electrons. The molecule has 2 aromatic heterocycles. The van der Waals surface area contributed by atoms with Crippen molar-refractivity contribution in [3.63, 3.8) is 0 Å². The fourth-order valence-electron chi connectivity index (χ4n) is 2.28. The van der Waals surface area contributed by atoms with Crippen molar-refractivity contribution in [1.29, 1.82) is 0 Å². The van der Waals surface area contributed by atoms with Gasteiger partial charge in [-0.25, -0.2) is 4.79 Å². The number of aromatic nitrogens is 3. The van der Waals surface area contributed by atoms with Crippen LogP contribution in [0.5, 0.6) is 0 Å². The van der Waals surface area contributed by atoms with E-state index in [-0.39, 0.29) is 5.69 Å². The Bertz CT molecular complexity index is 793. The second kappa shape index (κ2) is 4.77. The molecule has 3 aromatic rings. The Hall–Kier alpha value is -2.69. The molecular weight excluding hydrogens is 254 g/mol. The van der Waals surface area contributed by atoms with Gasteiger partial charge in [-0.2, -0.15) is 5.10 Å². The molecule has 0 unspecified atom stereocenters. The van der Waals surface area contributed by atoms with Gasteiger partial charge in [-0.05, 0) is 24.1 Å². The fraction of sp³-hybridized carbons (Fsp3) is 0.133. The third-order valence-electron chi connectivity index (χ3n) is 3.12. The SMILES string of the molecule is Cc1cncc(Cn2nc(C(=O)O)c3ccccc32)c1. The monoisotopic (exact) mass is 267 g/mol. The van der Waals surface area contributed by atoms with Crippen molar-refractivity contribution in [2.24, 2.45) is 0 Å². The van der Waals surface area contributed by atoms with Gasteiger partial charge in [0.25, 0.3) is 0 Å². The lowest BCUT2D eigenvalue weighted by molar-refractivity contribution is 0.0691. The van der Waals surface area contributed by atoms with Gasteiger partial charge in [0.15, 0.2) is 5.69 Å². The molecule has 0 amide bonds. The number of aromatic carboxylic acids is 1. The maximum absolute atomic E-state index is 11.2. The summed E-state index contributed by atoms with van der Waals surface area (Å²) < 4.78 is 1.70. The Morgan fingerprint density at radius 1 is 1.30 bits per heavy atom. The summed E-state index contributed by atoms with van der Waals surface area (Å²) in [5, 5.41) is 14.1. The predicted molar refractivity (Wildman–Crippen MR) is 74.8 cm³/mol. The summed E-state index contributed by atoms with van der Waals surface area (Å²) in [4.78, 5) is 15.4. The van der Waals surface area contributed by atoms with Gasteiger partial charge in [0.1, 0.15) is 0 Å². The minimum absolute atomic E-state index is 0.0845. The lowest BCUT2D eigenvalue weighted by Crippen LogP contribution is -2.05. The quantitative estimate of drug-likeness (QED) is 0.791. The summed E-state index contributed by atoms with van der Waals surface area (Å²) in [6, 6.07) is 9.36. The number of rotatable bonds is 3. The van der Waals surface area contributed by atoms with Gasteiger partial charge in [0.05, 0.1) is 12.1 Å². The molecule has 0 fully saturated rings. The normalized spacial score (nSPS) is 10.8. The highest BCUT2D eigenvalue weighted by atomic mass is 16.4.